The molecule has 2 amide bonds. The summed E-state index contributed by atoms with van der Waals surface area (Å²) in [5.74, 6) is -0.527. The Kier molecular flexibility index (Phi) is 9.53. The van der Waals surface area contributed by atoms with Crippen LogP contribution in [-0.4, -0.2) is 29.9 Å². The minimum atomic E-state index is -0.265. The fourth-order valence-electron chi connectivity index (χ4n) is 1.99. The van der Waals surface area contributed by atoms with Crippen LogP contribution < -0.4 is 16.4 Å². The molecule has 0 aliphatic heterocycles. The lowest BCUT2D eigenvalue weighted by atomic mass is 10.1. The Hall–Kier alpha value is -1.67. The molecule has 6 nitrogen and oxygen atoms in total. The molecule has 0 aliphatic rings. The molecule has 2 rings (SSSR count). The smallest absolute Gasteiger partial charge is 0.267 e. The van der Waals surface area contributed by atoms with Crippen LogP contribution in [-0.2, 0) is 0 Å². The standard InChI is InChI=1S/C15H18N4O2S.2ClH/c1-9-13(22-10(2)18-9)15(21)19-12-6-4-3-5-11(12)14(20)17-8-7-16;;/h3-6H,7-8,16H2,1-2H3,(H,17,20)(H,19,21);2*1H. The number of anilines is 1. The first-order chi connectivity index (χ1) is 10.5. The summed E-state index contributed by atoms with van der Waals surface area (Å²) in [6.07, 6.45) is 0. The molecule has 0 saturated carbocycles. The first-order valence-corrected chi connectivity index (χ1v) is 7.67. The topological polar surface area (TPSA) is 97.1 Å². The maximum absolute atomic E-state index is 12.3. The summed E-state index contributed by atoms with van der Waals surface area (Å²) < 4.78 is 0. The van der Waals surface area contributed by atoms with Gasteiger partial charge in [0.2, 0.25) is 0 Å². The summed E-state index contributed by atoms with van der Waals surface area (Å²) >= 11 is 1.33. The second-order valence-corrected chi connectivity index (χ2v) is 5.89. The van der Waals surface area contributed by atoms with Crippen LogP contribution in [0, 0.1) is 13.8 Å². The molecule has 4 N–H and O–H groups in total. The first kappa shape index (κ1) is 22.3. The van der Waals surface area contributed by atoms with E-state index in [9.17, 15) is 9.59 Å². The summed E-state index contributed by atoms with van der Waals surface area (Å²) in [5, 5.41) is 6.30. The van der Waals surface area contributed by atoms with E-state index < -0.39 is 0 Å². The van der Waals surface area contributed by atoms with Gasteiger partial charge in [0.1, 0.15) is 4.88 Å². The molecule has 0 radical (unpaired) electrons. The maximum Gasteiger partial charge on any atom is 0.267 e. The molecule has 0 bridgehead atoms. The predicted octanol–water partition coefficient (Wildman–Crippen LogP) is 2.54. The second kappa shape index (κ2) is 10.2. The van der Waals surface area contributed by atoms with Crippen LogP contribution in [0.3, 0.4) is 0 Å². The number of hydrogen-bond acceptors (Lipinski definition) is 5. The normalized spacial score (nSPS) is 9.46. The van der Waals surface area contributed by atoms with Gasteiger partial charge < -0.3 is 16.4 Å². The molecule has 132 valence electrons. The maximum atomic E-state index is 12.3. The SMILES string of the molecule is Cc1nc(C)c(C(=O)Nc2ccccc2C(=O)NCCN)s1.Cl.Cl. The number of nitrogens with zero attached hydrogens (tertiary/aromatic N) is 1. The van der Waals surface area contributed by atoms with Crippen molar-refractivity contribution in [2.45, 2.75) is 13.8 Å². The summed E-state index contributed by atoms with van der Waals surface area (Å²) in [5.41, 5.74) is 6.93. The van der Waals surface area contributed by atoms with Gasteiger partial charge in [0, 0.05) is 13.1 Å². The number of nitrogens with one attached hydrogen (secondary N) is 2. The van der Waals surface area contributed by atoms with Crippen LogP contribution in [0.4, 0.5) is 5.69 Å². The highest BCUT2D eigenvalue weighted by Gasteiger charge is 2.17. The van der Waals surface area contributed by atoms with Crippen molar-refractivity contribution in [3.8, 4) is 0 Å². The molecule has 1 heterocycles. The Balaban J connectivity index is 0.00000264. The minimum Gasteiger partial charge on any atom is -0.351 e. The van der Waals surface area contributed by atoms with Crippen LogP contribution >= 0.6 is 36.2 Å². The van der Waals surface area contributed by atoms with E-state index in [2.05, 4.69) is 15.6 Å². The first-order valence-electron chi connectivity index (χ1n) is 6.85. The van der Waals surface area contributed by atoms with Gasteiger partial charge >= 0.3 is 0 Å². The van der Waals surface area contributed by atoms with Gasteiger partial charge in [-0.1, -0.05) is 12.1 Å². The third kappa shape index (κ3) is 5.45. The Morgan fingerprint density at radius 3 is 2.42 bits per heavy atom. The van der Waals surface area contributed by atoms with Crippen LogP contribution in [0.1, 0.15) is 30.7 Å². The highest BCUT2D eigenvalue weighted by atomic mass is 35.5. The zero-order valence-corrected chi connectivity index (χ0v) is 15.7. The van der Waals surface area contributed by atoms with Crippen molar-refractivity contribution < 1.29 is 9.59 Å². The number of aromatic nitrogens is 1. The average Bonchev–Trinajstić information content (AvgIpc) is 2.84. The third-order valence-corrected chi connectivity index (χ3v) is 4.03. The molecule has 24 heavy (non-hydrogen) atoms. The molecule has 2 aromatic rings. The molecule has 1 aromatic carbocycles. The van der Waals surface area contributed by atoms with Crippen molar-refractivity contribution >= 4 is 53.7 Å². The van der Waals surface area contributed by atoms with Crippen LogP contribution in [0.25, 0.3) is 0 Å². The zero-order chi connectivity index (χ0) is 16.1. The van der Waals surface area contributed by atoms with Gasteiger partial charge in [-0.3, -0.25) is 9.59 Å². The van der Waals surface area contributed by atoms with Gasteiger partial charge in [0.05, 0.1) is 22.0 Å². The Bertz CT molecular complexity index is 707. The number of nitrogens with two attached hydrogens (primary N) is 1. The van der Waals surface area contributed by atoms with E-state index >= 15 is 0 Å². The van der Waals surface area contributed by atoms with Crippen molar-refractivity contribution in [3.05, 3.63) is 45.4 Å². The summed E-state index contributed by atoms with van der Waals surface area (Å²) in [7, 11) is 0. The summed E-state index contributed by atoms with van der Waals surface area (Å²) in [6.45, 7) is 4.38. The molecule has 0 unspecified atom stereocenters. The Labute approximate surface area is 157 Å². The van der Waals surface area contributed by atoms with Crippen molar-refractivity contribution in [1.82, 2.24) is 10.3 Å². The minimum absolute atomic E-state index is 0. The number of amides is 2. The van der Waals surface area contributed by atoms with Crippen molar-refractivity contribution in [3.63, 3.8) is 0 Å². The van der Waals surface area contributed by atoms with E-state index in [0.29, 0.717) is 34.9 Å². The number of carbonyl (C=O) groups excluding carboxylic acids is 2. The number of benzene rings is 1. The van der Waals surface area contributed by atoms with E-state index in [-0.39, 0.29) is 36.6 Å². The quantitative estimate of drug-likeness (QED) is 0.730. The van der Waals surface area contributed by atoms with Crippen LogP contribution in [0.5, 0.6) is 0 Å². The second-order valence-electron chi connectivity index (χ2n) is 4.69. The number of hydrogen-bond donors (Lipinski definition) is 3. The molecule has 0 spiro atoms. The lowest BCUT2D eigenvalue weighted by molar-refractivity contribution is 0.0955. The molecule has 0 atom stereocenters. The monoisotopic (exact) mass is 390 g/mol. The summed E-state index contributed by atoms with van der Waals surface area (Å²) in [4.78, 5) is 29.2. The van der Waals surface area contributed by atoms with Crippen molar-refractivity contribution in [1.29, 1.82) is 0 Å². The molecule has 0 fully saturated rings. The number of thiazole rings is 1. The van der Waals surface area contributed by atoms with Gasteiger partial charge in [-0.15, -0.1) is 36.2 Å². The van der Waals surface area contributed by atoms with E-state index in [1.54, 1.807) is 31.2 Å². The fraction of sp³-hybridized carbons (Fsp3) is 0.267. The largest absolute Gasteiger partial charge is 0.351 e. The lowest BCUT2D eigenvalue weighted by Crippen LogP contribution is -2.29. The zero-order valence-electron chi connectivity index (χ0n) is 13.3. The lowest BCUT2D eigenvalue weighted by Gasteiger charge is -2.10. The molecule has 9 heteroatoms. The molecular formula is C15H20Cl2N4O2S. The van der Waals surface area contributed by atoms with Gasteiger partial charge in [-0.2, -0.15) is 0 Å². The molecule has 0 saturated heterocycles. The number of rotatable bonds is 5. The van der Waals surface area contributed by atoms with Gasteiger partial charge in [0.15, 0.2) is 0 Å². The van der Waals surface area contributed by atoms with E-state index in [1.807, 2.05) is 6.92 Å². The number of para-hydroxylation sites is 1. The fourth-order valence-corrected chi connectivity index (χ4v) is 2.81. The predicted molar refractivity (Wildman–Crippen MR) is 102 cm³/mol. The van der Waals surface area contributed by atoms with E-state index in [4.69, 9.17) is 5.73 Å². The van der Waals surface area contributed by atoms with Crippen LogP contribution in [0.2, 0.25) is 0 Å². The van der Waals surface area contributed by atoms with Gasteiger partial charge in [-0.05, 0) is 26.0 Å². The Morgan fingerprint density at radius 2 is 1.83 bits per heavy atom. The highest BCUT2D eigenvalue weighted by Crippen LogP contribution is 2.21. The van der Waals surface area contributed by atoms with E-state index in [1.165, 1.54) is 11.3 Å². The summed E-state index contributed by atoms with van der Waals surface area (Å²) in [6, 6.07) is 6.86. The van der Waals surface area contributed by atoms with Crippen LogP contribution in [0.15, 0.2) is 24.3 Å². The molecule has 1 aromatic heterocycles. The van der Waals surface area contributed by atoms with Crippen molar-refractivity contribution in [2.75, 3.05) is 18.4 Å². The molecular weight excluding hydrogens is 371 g/mol. The molecule has 0 aliphatic carbocycles. The average molecular weight is 391 g/mol. The Morgan fingerprint density at radius 1 is 1.17 bits per heavy atom. The number of aryl methyl sites for hydroxylation is 2. The number of halogens is 2. The highest BCUT2D eigenvalue weighted by molar-refractivity contribution is 7.13. The van der Waals surface area contributed by atoms with Crippen molar-refractivity contribution in [2.24, 2.45) is 5.73 Å². The number of carbonyl (C=O) groups is 2. The van der Waals surface area contributed by atoms with Gasteiger partial charge in [-0.25, -0.2) is 4.98 Å². The van der Waals surface area contributed by atoms with Gasteiger partial charge in [0.25, 0.3) is 11.8 Å². The third-order valence-electron chi connectivity index (χ3n) is 2.96. The van der Waals surface area contributed by atoms with E-state index in [0.717, 1.165) is 5.01 Å².